The monoisotopic (exact) mass is 281 g/mol. The van der Waals surface area contributed by atoms with Gasteiger partial charge in [0.1, 0.15) is 17.5 Å². The molecule has 0 spiro atoms. The summed E-state index contributed by atoms with van der Waals surface area (Å²) in [6.45, 7) is 0.104. The van der Waals surface area contributed by atoms with E-state index < -0.39 is 5.97 Å². The molecule has 18 heavy (non-hydrogen) atoms. The minimum absolute atomic E-state index is 0.104. The van der Waals surface area contributed by atoms with Crippen LogP contribution in [0.3, 0.4) is 0 Å². The third-order valence-corrected chi connectivity index (χ3v) is 2.82. The smallest absolute Gasteiger partial charge is 0.357 e. The van der Waals surface area contributed by atoms with Crippen LogP contribution in [-0.4, -0.2) is 11.0 Å². The Morgan fingerprint density at radius 2 is 1.89 bits per heavy atom. The van der Waals surface area contributed by atoms with E-state index in [-0.39, 0.29) is 17.5 Å². The summed E-state index contributed by atoms with van der Waals surface area (Å²) in [6, 6.07) is 11.9. The van der Waals surface area contributed by atoms with E-state index in [1.54, 1.807) is 30.3 Å². The predicted octanol–water partition coefficient (Wildman–Crippen LogP) is 3.75. The number of rotatable bonds is 3. The van der Waals surface area contributed by atoms with Crippen LogP contribution in [0.2, 0.25) is 10.2 Å². The topological polar surface area (TPSA) is 39.2 Å². The summed E-state index contributed by atoms with van der Waals surface area (Å²) >= 11 is 11.6. The molecule has 1 aromatic heterocycles. The fourth-order valence-corrected chi connectivity index (χ4v) is 1.71. The maximum absolute atomic E-state index is 11.7. The number of nitrogens with zero attached hydrogens (tertiary/aromatic N) is 1. The first-order valence-electron chi connectivity index (χ1n) is 5.20. The Bertz CT molecular complexity index is 572. The van der Waals surface area contributed by atoms with Gasteiger partial charge in [0, 0.05) is 10.6 Å². The lowest BCUT2D eigenvalue weighted by atomic mass is 10.2. The van der Waals surface area contributed by atoms with Crippen LogP contribution in [-0.2, 0) is 11.3 Å². The first kappa shape index (κ1) is 12.9. The summed E-state index contributed by atoms with van der Waals surface area (Å²) in [4.78, 5) is 15.6. The van der Waals surface area contributed by atoms with Gasteiger partial charge in [0.15, 0.2) is 0 Å². The van der Waals surface area contributed by atoms with Gasteiger partial charge in [-0.15, -0.1) is 0 Å². The Labute approximate surface area is 114 Å². The Kier molecular flexibility index (Phi) is 4.18. The molecule has 0 unspecified atom stereocenters. The highest BCUT2D eigenvalue weighted by molar-refractivity contribution is 6.31. The van der Waals surface area contributed by atoms with Crippen molar-refractivity contribution in [3.8, 4) is 0 Å². The number of carbonyl (C=O) groups is 1. The summed E-state index contributed by atoms with van der Waals surface area (Å²) in [6.07, 6.45) is 0. The molecule has 0 bridgehead atoms. The highest BCUT2D eigenvalue weighted by Crippen LogP contribution is 2.16. The fraction of sp³-hybridized carbons (Fsp3) is 0.0769. The van der Waals surface area contributed by atoms with Gasteiger partial charge >= 0.3 is 5.97 Å². The van der Waals surface area contributed by atoms with E-state index in [1.807, 2.05) is 12.1 Å². The average molecular weight is 282 g/mol. The molecule has 0 aliphatic heterocycles. The average Bonchev–Trinajstić information content (AvgIpc) is 2.37. The van der Waals surface area contributed by atoms with E-state index in [2.05, 4.69) is 4.98 Å². The van der Waals surface area contributed by atoms with Gasteiger partial charge < -0.3 is 4.74 Å². The highest BCUT2D eigenvalue weighted by Gasteiger charge is 2.10. The Morgan fingerprint density at radius 3 is 2.61 bits per heavy atom. The Morgan fingerprint density at radius 1 is 1.11 bits per heavy atom. The molecular formula is C13H9Cl2NO2. The number of esters is 1. The van der Waals surface area contributed by atoms with Crippen molar-refractivity contribution in [1.29, 1.82) is 0 Å². The summed E-state index contributed by atoms with van der Waals surface area (Å²) in [5.74, 6) is -0.530. The predicted molar refractivity (Wildman–Crippen MR) is 69.8 cm³/mol. The van der Waals surface area contributed by atoms with Gasteiger partial charge in [-0.25, -0.2) is 9.78 Å². The summed E-state index contributed by atoms with van der Waals surface area (Å²) < 4.78 is 5.11. The second kappa shape index (κ2) is 5.85. The number of aromatic nitrogens is 1. The second-order valence-electron chi connectivity index (χ2n) is 3.51. The number of benzene rings is 1. The lowest BCUT2D eigenvalue weighted by Crippen LogP contribution is -2.07. The van der Waals surface area contributed by atoms with Gasteiger partial charge in [-0.1, -0.05) is 47.5 Å². The highest BCUT2D eigenvalue weighted by atomic mass is 35.5. The minimum Gasteiger partial charge on any atom is -0.456 e. The molecule has 0 saturated heterocycles. The number of halogens is 2. The first-order valence-corrected chi connectivity index (χ1v) is 5.95. The maximum Gasteiger partial charge on any atom is 0.357 e. The van der Waals surface area contributed by atoms with Gasteiger partial charge in [-0.3, -0.25) is 0 Å². The molecule has 0 amide bonds. The van der Waals surface area contributed by atoms with E-state index in [1.165, 1.54) is 0 Å². The van der Waals surface area contributed by atoms with Gasteiger partial charge in [-0.2, -0.15) is 0 Å². The van der Waals surface area contributed by atoms with E-state index in [9.17, 15) is 4.79 Å². The summed E-state index contributed by atoms with van der Waals surface area (Å²) in [7, 11) is 0. The van der Waals surface area contributed by atoms with Gasteiger partial charge in [0.25, 0.3) is 0 Å². The van der Waals surface area contributed by atoms with Crippen LogP contribution >= 0.6 is 23.2 Å². The molecule has 1 heterocycles. The van der Waals surface area contributed by atoms with Crippen LogP contribution in [0.25, 0.3) is 0 Å². The third kappa shape index (κ3) is 3.22. The molecule has 0 aliphatic carbocycles. The molecule has 0 N–H and O–H groups in total. The SMILES string of the molecule is O=C(OCc1ccccc1Cl)c1cccc(Cl)n1. The molecule has 0 radical (unpaired) electrons. The summed E-state index contributed by atoms with van der Waals surface area (Å²) in [5, 5.41) is 0.812. The molecule has 0 saturated carbocycles. The molecule has 2 aromatic rings. The van der Waals surface area contributed by atoms with Crippen LogP contribution < -0.4 is 0 Å². The van der Waals surface area contributed by atoms with Crippen LogP contribution in [0.5, 0.6) is 0 Å². The second-order valence-corrected chi connectivity index (χ2v) is 4.31. The number of ether oxygens (including phenoxy) is 1. The first-order chi connectivity index (χ1) is 8.66. The minimum atomic E-state index is -0.530. The number of pyridine rings is 1. The number of carbonyl (C=O) groups excluding carboxylic acids is 1. The van der Waals surface area contributed by atoms with E-state index >= 15 is 0 Å². The van der Waals surface area contributed by atoms with Gasteiger partial charge in [-0.05, 0) is 18.2 Å². The summed E-state index contributed by atoms with van der Waals surface area (Å²) in [5.41, 5.74) is 0.920. The largest absolute Gasteiger partial charge is 0.456 e. The Balaban J connectivity index is 2.03. The zero-order chi connectivity index (χ0) is 13.0. The zero-order valence-corrected chi connectivity index (χ0v) is 10.8. The quantitative estimate of drug-likeness (QED) is 0.635. The molecule has 0 aliphatic rings. The van der Waals surface area contributed by atoms with Crippen molar-refractivity contribution in [3.63, 3.8) is 0 Å². The standard InChI is InChI=1S/C13H9Cl2NO2/c14-10-5-2-1-4-9(10)8-18-13(17)11-6-3-7-12(15)16-11/h1-7H,8H2. The number of hydrogen-bond acceptors (Lipinski definition) is 3. The van der Waals surface area contributed by atoms with E-state index in [0.717, 1.165) is 5.56 Å². The molecule has 92 valence electrons. The molecule has 3 nitrogen and oxygen atoms in total. The lowest BCUT2D eigenvalue weighted by Gasteiger charge is -2.06. The number of hydrogen-bond donors (Lipinski definition) is 0. The Hall–Kier alpha value is -1.58. The van der Waals surface area contributed by atoms with Crippen LogP contribution in [0.4, 0.5) is 0 Å². The molecule has 1 aromatic carbocycles. The molecule has 5 heteroatoms. The van der Waals surface area contributed by atoms with Crippen molar-refractivity contribution in [3.05, 3.63) is 63.9 Å². The van der Waals surface area contributed by atoms with Crippen molar-refractivity contribution < 1.29 is 9.53 Å². The van der Waals surface area contributed by atoms with Gasteiger partial charge in [0.05, 0.1) is 0 Å². The normalized spacial score (nSPS) is 10.1. The zero-order valence-electron chi connectivity index (χ0n) is 9.27. The van der Waals surface area contributed by atoms with Crippen molar-refractivity contribution >= 4 is 29.2 Å². The van der Waals surface area contributed by atoms with Crippen molar-refractivity contribution in [2.75, 3.05) is 0 Å². The van der Waals surface area contributed by atoms with Crippen molar-refractivity contribution in [2.24, 2.45) is 0 Å². The molecular weight excluding hydrogens is 273 g/mol. The third-order valence-electron chi connectivity index (χ3n) is 2.24. The van der Waals surface area contributed by atoms with E-state index in [4.69, 9.17) is 27.9 Å². The fourth-order valence-electron chi connectivity index (χ4n) is 1.35. The molecule has 2 rings (SSSR count). The molecule has 0 fully saturated rings. The molecule has 0 atom stereocenters. The lowest BCUT2D eigenvalue weighted by molar-refractivity contribution is 0.0466. The van der Waals surface area contributed by atoms with Crippen LogP contribution in [0, 0.1) is 0 Å². The van der Waals surface area contributed by atoms with Crippen molar-refractivity contribution in [2.45, 2.75) is 6.61 Å². The van der Waals surface area contributed by atoms with Crippen LogP contribution in [0.1, 0.15) is 16.1 Å². The van der Waals surface area contributed by atoms with Crippen LogP contribution in [0.15, 0.2) is 42.5 Å². The van der Waals surface area contributed by atoms with Crippen molar-refractivity contribution in [1.82, 2.24) is 4.98 Å². The maximum atomic E-state index is 11.7. The van der Waals surface area contributed by atoms with Gasteiger partial charge in [0.2, 0.25) is 0 Å². The van der Waals surface area contributed by atoms with E-state index in [0.29, 0.717) is 5.02 Å².